The minimum Gasteiger partial charge on any atom is -0.508 e. The molecular weight excluding hydrogens is 212 g/mol. The topological polar surface area (TPSA) is 49.5 Å². The van der Waals surface area contributed by atoms with E-state index in [2.05, 4.69) is 18.7 Å². The quantitative estimate of drug-likeness (QED) is 0.764. The Bertz CT molecular complexity index is 324. The van der Waals surface area contributed by atoms with Crippen molar-refractivity contribution in [2.45, 2.75) is 39.3 Å². The van der Waals surface area contributed by atoms with Crippen LogP contribution in [0.3, 0.4) is 0 Å². The van der Waals surface area contributed by atoms with Crippen LogP contribution in [0.4, 0.5) is 0 Å². The SMILES string of the molecule is CCC(CC)N(CCN)Cc1cccc(O)c1. The van der Waals surface area contributed by atoms with Gasteiger partial charge in [0.15, 0.2) is 0 Å². The van der Waals surface area contributed by atoms with Gasteiger partial charge in [0.25, 0.3) is 0 Å². The third-order valence-electron chi connectivity index (χ3n) is 3.17. The highest BCUT2D eigenvalue weighted by molar-refractivity contribution is 5.27. The molecule has 3 heteroatoms. The molecule has 96 valence electrons. The van der Waals surface area contributed by atoms with E-state index in [-0.39, 0.29) is 0 Å². The van der Waals surface area contributed by atoms with E-state index in [9.17, 15) is 5.11 Å². The maximum atomic E-state index is 9.47. The fourth-order valence-corrected chi connectivity index (χ4v) is 2.25. The van der Waals surface area contributed by atoms with Crippen molar-refractivity contribution in [2.24, 2.45) is 5.73 Å². The molecule has 0 saturated carbocycles. The molecule has 0 aromatic heterocycles. The fourth-order valence-electron chi connectivity index (χ4n) is 2.25. The van der Waals surface area contributed by atoms with Crippen molar-refractivity contribution in [1.29, 1.82) is 0 Å². The summed E-state index contributed by atoms with van der Waals surface area (Å²) in [7, 11) is 0. The summed E-state index contributed by atoms with van der Waals surface area (Å²) in [6.07, 6.45) is 2.27. The van der Waals surface area contributed by atoms with Gasteiger partial charge in [-0.05, 0) is 30.5 Å². The van der Waals surface area contributed by atoms with E-state index >= 15 is 0 Å². The summed E-state index contributed by atoms with van der Waals surface area (Å²) in [5.41, 5.74) is 6.81. The molecule has 0 saturated heterocycles. The largest absolute Gasteiger partial charge is 0.508 e. The zero-order chi connectivity index (χ0) is 12.7. The predicted molar refractivity (Wildman–Crippen MR) is 71.9 cm³/mol. The molecule has 0 spiro atoms. The van der Waals surface area contributed by atoms with Crippen LogP contribution >= 0.6 is 0 Å². The highest BCUT2D eigenvalue weighted by atomic mass is 16.3. The molecule has 1 aromatic carbocycles. The summed E-state index contributed by atoms with van der Waals surface area (Å²) >= 11 is 0. The minimum atomic E-state index is 0.333. The third kappa shape index (κ3) is 4.36. The third-order valence-corrected chi connectivity index (χ3v) is 3.17. The molecule has 0 atom stereocenters. The molecule has 0 unspecified atom stereocenters. The number of aromatic hydroxyl groups is 1. The van der Waals surface area contributed by atoms with Crippen LogP contribution in [0.5, 0.6) is 5.75 Å². The Morgan fingerprint density at radius 3 is 2.53 bits per heavy atom. The molecule has 0 radical (unpaired) electrons. The lowest BCUT2D eigenvalue weighted by Crippen LogP contribution is -2.37. The molecule has 0 aliphatic carbocycles. The Kier molecular flexibility index (Phi) is 6.01. The van der Waals surface area contributed by atoms with E-state index < -0.39 is 0 Å². The Morgan fingerprint density at radius 2 is 2.00 bits per heavy atom. The van der Waals surface area contributed by atoms with Crippen LogP contribution in [-0.4, -0.2) is 29.1 Å². The number of hydrogen-bond acceptors (Lipinski definition) is 3. The average molecular weight is 236 g/mol. The summed E-state index contributed by atoms with van der Waals surface area (Å²) in [5.74, 6) is 0.333. The van der Waals surface area contributed by atoms with E-state index in [1.54, 1.807) is 6.07 Å². The first-order valence-electron chi connectivity index (χ1n) is 6.43. The van der Waals surface area contributed by atoms with Crippen molar-refractivity contribution in [3.8, 4) is 5.75 Å². The van der Waals surface area contributed by atoms with Crippen molar-refractivity contribution >= 4 is 0 Å². The van der Waals surface area contributed by atoms with Gasteiger partial charge in [-0.15, -0.1) is 0 Å². The van der Waals surface area contributed by atoms with Gasteiger partial charge in [0.2, 0.25) is 0 Å². The second-order valence-corrected chi connectivity index (χ2v) is 4.40. The lowest BCUT2D eigenvalue weighted by atomic mass is 10.1. The second-order valence-electron chi connectivity index (χ2n) is 4.40. The zero-order valence-electron chi connectivity index (χ0n) is 10.9. The smallest absolute Gasteiger partial charge is 0.115 e. The summed E-state index contributed by atoms with van der Waals surface area (Å²) in [5, 5.41) is 9.47. The number of rotatable bonds is 7. The number of nitrogens with zero attached hydrogens (tertiary/aromatic N) is 1. The van der Waals surface area contributed by atoms with Crippen LogP contribution in [0, 0.1) is 0 Å². The monoisotopic (exact) mass is 236 g/mol. The predicted octanol–water partition coefficient (Wildman–Crippen LogP) is 2.34. The Hall–Kier alpha value is -1.06. The Morgan fingerprint density at radius 1 is 1.29 bits per heavy atom. The van der Waals surface area contributed by atoms with Crippen molar-refractivity contribution in [2.75, 3.05) is 13.1 Å². The van der Waals surface area contributed by atoms with Crippen LogP contribution in [0.25, 0.3) is 0 Å². The molecule has 0 aliphatic heterocycles. The first-order valence-corrected chi connectivity index (χ1v) is 6.43. The van der Waals surface area contributed by atoms with E-state index in [0.717, 1.165) is 31.5 Å². The molecule has 0 bridgehead atoms. The van der Waals surface area contributed by atoms with Gasteiger partial charge in [-0.25, -0.2) is 0 Å². The average Bonchev–Trinajstić information content (AvgIpc) is 2.31. The molecule has 0 aliphatic rings. The maximum absolute atomic E-state index is 9.47. The van der Waals surface area contributed by atoms with Gasteiger partial charge >= 0.3 is 0 Å². The molecule has 0 fully saturated rings. The molecule has 1 aromatic rings. The number of phenols is 1. The lowest BCUT2D eigenvalue weighted by molar-refractivity contribution is 0.182. The van der Waals surface area contributed by atoms with Crippen LogP contribution in [0.2, 0.25) is 0 Å². The lowest BCUT2D eigenvalue weighted by Gasteiger charge is -2.30. The standard InChI is InChI=1S/C14H24N2O/c1-3-13(4-2)16(9-8-15)11-12-6-5-7-14(17)10-12/h5-7,10,13,17H,3-4,8-9,11,15H2,1-2H3. The van der Waals surface area contributed by atoms with Crippen LogP contribution in [-0.2, 0) is 6.54 Å². The van der Waals surface area contributed by atoms with Crippen LogP contribution in [0.1, 0.15) is 32.3 Å². The van der Waals surface area contributed by atoms with Crippen molar-refractivity contribution < 1.29 is 5.11 Å². The fraction of sp³-hybridized carbons (Fsp3) is 0.571. The van der Waals surface area contributed by atoms with Gasteiger partial charge in [0.05, 0.1) is 0 Å². The van der Waals surface area contributed by atoms with Crippen molar-refractivity contribution in [3.05, 3.63) is 29.8 Å². The Balaban J connectivity index is 2.71. The number of benzene rings is 1. The summed E-state index contributed by atoms with van der Waals surface area (Å²) in [4.78, 5) is 2.40. The molecule has 0 amide bonds. The number of nitrogens with two attached hydrogens (primary N) is 1. The van der Waals surface area contributed by atoms with Gasteiger partial charge in [-0.2, -0.15) is 0 Å². The van der Waals surface area contributed by atoms with Crippen LogP contribution in [0.15, 0.2) is 24.3 Å². The van der Waals surface area contributed by atoms with Gasteiger partial charge in [0, 0.05) is 25.7 Å². The van der Waals surface area contributed by atoms with E-state index in [1.807, 2.05) is 18.2 Å². The van der Waals surface area contributed by atoms with Crippen molar-refractivity contribution in [3.63, 3.8) is 0 Å². The van der Waals surface area contributed by atoms with E-state index in [1.165, 1.54) is 0 Å². The number of phenolic OH excluding ortho intramolecular Hbond substituents is 1. The molecular formula is C14H24N2O. The van der Waals surface area contributed by atoms with Crippen LogP contribution < -0.4 is 5.73 Å². The highest BCUT2D eigenvalue weighted by Crippen LogP contribution is 2.16. The highest BCUT2D eigenvalue weighted by Gasteiger charge is 2.14. The molecule has 3 nitrogen and oxygen atoms in total. The zero-order valence-corrected chi connectivity index (χ0v) is 10.9. The molecule has 1 rings (SSSR count). The van der Waals surface area contributed by atoms with E-state index in [0.29, 0.717) is 18.3 Å². The molecule has 17 heavy (non-hydrogen) atoms. The maximum Gasteiger partial charge on any atom is 0.115 e. The van der Waals surface area contributed by atoms with Gasteiger partial charge in [-0.3, -0.25) is 4.90 Å². The summed E-state index contributed by atoms with van der Waals surface area (Å²) in [6, 6.07) is 8.03. The first-order chi connectivity index (χ1) is 8.21. The first kappa shape index (κ1) is 14.0. The Labute approximate surface area is 104 Å². The summed E-state index contributed by atoms with van der Waals surface area (Å²) in [6.45, 7) is 6.86. The second kappa shape index (κ2) is 7.30. The molecule has 0 heterocycles. The minimum absolute atomic E-state index is 0.333. The summed E-state index contributed by atoms with van der Waals surface area (Å²) < 4.78 is 0. The normalized spacial score (nSPS) is 11.4. The van der Waals surface area contributed by atoms with Gasteiger partial charge < -0.3 is 10.8 Å². The van der Waals surface area contributed by atoms with Gasteiger partial charge in [-0.1, -0.05) is 26.0 Å². The van der Waals surface area contributed by atoms with Gasteiger partial charge in [0.1, 0.15) is 5.75 Å². The molecule has 3 N–H and O–H groups in total. The van der Waals surface area contributed by atoms with Crippen molar-refractivity contribution in [1.82, 2.24) is 4.90 Å². The number of hydrogen-bond donors (Lipinski definition) is 2. The van der Waals surface area contributed by atoms with E-state index in [4.69, 9.17) is 5.73 Å².